The van der Waals surface area contributed by atoms with E-state index < -0.39 is 11.8 Å². The highest BCUT2D eigenvalue weighted by atomic mass is 16.7. The fourth-order valence-corrected chi connectivity index (χ4v) is 3.71. The van der Waals surface area contributed by atoms with Crippen molar-refractivity contribution in [1.29, 1.82) is 0 Å². The van der Waals surface area contributed by atoms with Crippen molar-refractivity contribution in [3.8, 4) is 0 Å². The minimum absolute atomic E-state index is 0.0347. The molecule has 0 aromatic heterocycles. The molecule has 0 bridgehead atoms. The van der Waals surface area contributed by atoms with Crippen molar-refractivity contribution >= 4 is 11.9 Å². The summed E-state index contributed by atoms with van der Waals surface area (Å²) in [7, 11) is 0. The number of rotatable bonds is 5. The average Bonchev–Trinajstić information content (AvgIpc) is 3.08. The highest BCUT2D eigenvalue weighted by Crippen LogP contribution is 2.45. The van der Waals surface area contributed by atoms with Gasteiger partial charge in [-0.25, -0.2) is 4.79 Å². The predicted octanol–water partition coefficient (Wildman–Crippen LogP) is 1.27. The fourth-order valence-electron chi connectivity index (χ4n) is 3.71. The van der Waals surface area contributed by atoms with E-state index in [9.17, 15) is 9.59 Å². The van der Waals surface area contributed by atoms with Gasteiger partial charge in [0, 0.05) is 26.0 Å². The number of hydrogen-bond acceptors (Lipinski definition) is 5. The monoisotopic (exact) mass is 326 g/mol. The number of ether oxygens (including phenoxy) is 3. The molecule has 1 N–H and O–H groups in total. The molecule has 3 aliphatic rings. The van der Waals surface area contributed by atoms with Gasteiger partial charge in [-0.05, 0) is 25.2 Å². The lowest BCUT2D eigenvalue weighted by atomic mass is 9.73. The van der Waals surface area contributed by atoms with Crippen molar-refractivity contribution in [2.75, 3.05) is 33.0 Å². The van der Waals surface area contributed by atoms with Crippen LogP contribution in [0.5, 0.6) is 0 Å². The molecular weight excluding hydrogens is 300 g/mol. The molecule has 0 aromatic carbocycles. The third-order valence-corrected chi connectivity index (χ3v) is 5.23. The van der Waals surface area contributed by atoms with Gasteiger partial charge in [-0.2, -0.15) is 0 Å². The van der Waals surface area contributed by atoms with E-state index in [4.69, 9.17) is 14.2 Å². The van der Waals surface area contributed by atoms with Crippen LogP contribution in [0.2, 0.25) is 0 Å². The molecule has 1 atom stereocenters. The zero-order valence-electron chi connectivity index (χ0n) is 13.9. The topological polar surface area (TPSA) is 77.1 Å². The number of nitrogens with zero attached hydrogens (tertiary/aromatic N) is 1. The Morgan fingerprint density at radius 2 is 1.87 bits per heavy atom. The summed E-state index contributed by atoms with van der Waals surface area (Å²) in [4.78, 5) is 25.7. The summed E-state index contributed by atoms with van der Waals surface area (Å²) in [5.74, 6) is -0.672. The molecule has 3 fully saturated rings. The molecule has 7 nitrogen and oxygen atoms in total. The largest absolute Gasteiger partial charge is 0.379 e. The number of hydrogen-bond donors (Lipinski definition) is 1. The van der Waals surface area contributed by atoms with E-state index in [2.05, 4.69) is 12.2 Å². The lowest BCUT2D eigenvalue weighted by Gasteiger charge is -2.43. The van der Waals surface area contributed by atoms with Crippen LogP contribution in [0.1, 0.15) is 39.5 Å². The summed E-state index contributed by atoms with van der Waals surface area (Å²) in [5, 5.41) is 2.40. The first-order valence-electron chi connectivity index (χ1n) is 8.44. The summed E-state index contributed by atoms with van der Waals surface area (Å²) in [6.45, 7) is 6.70. The molecule has 2 saturated heterocycles. The van der Waals surface area contributed by atoms with Gasteiger partial charge in [0.15, 0.2) is 5.79 Å². The van der Waals surface area contributed by atoms with Gasteiger partial charge in [-0.3, -0.25) is 10.1 Å². The van der Waals surface area contributed by atoms with Gasteiger partial charge in [0.1, 0.15) is 6.04 Å². The molecule has 1 aliphatic carbocycles. The SMILES string of the molecule is CCOCC1C(=O)NC(=O)N1CC1(C)CCC2(CC1)OCCO2. The Hall–Kier alpha value is -1.18. The summed E-state index contributed by atoms with van der Waals surface area (Å²) >= 11 is 0. The second kappa shape index (κ2) is 6.37. The molecule has 130 valence electrons. The summed E-state index contributed by atoms with van der Waals surface area (Å²) in [5.41, 5.74) is -0.0347. The number of carbonyl (C=O) groups is 2. The molecule has 2 aliphatic heterocycles. The van der Waals surface area contributed by atoms with E-state index in [0.717, 1.165) is 25.7 Å². The van der Waals surface area contributed by atoms with Crippen LogP contribution < -0.4 is 5.32 Å². The molecule has 23 heavy (non-hydrogen) atoms. The Bertz CT molecular complexity index is 465. The van der Waals surface area contributed by atoms with Gasteiger partial charge in [-0.1, -0.05) is 6.92 Å². The molecule has 3 amide bonds. The Labute approximate surface area is 136 Å². The second-order valence-corrected chi connectivity index (χ2v) is 7.02. The third kappa shape index (κ3) is 3.36. The van der Waals surface area contributed by atoms with Crippen LogP contribution in [-0.4, -0.2) is 61.6 Å². The van der Waals surface area contributed by atoms with Crippen molar-refractivity contribution in [2.45, 2.75) is 51.4 Å². The number of amides is 3. The van der Waals surface area contributed by atoms with Gasteiger partial charge in [0.2, 0.25) is 0 Å². The summed E-state index contributed by atoms with van der Waals surface area (Å²) < 4.78 is 16.9. The van der Waals surface area contributed by atoms with Crippen LogP contribution in [0.25, 0.3) is 0 Å². The number of nitrogens with one attached hydrogen (secondary N) is 1. The number of carbonyl (C=O) groups excluding carboxylic acids is 2. The Morgan fingerprint density at radius 3 is 2.48 bits per heavy atom. The molecule has 0 radical (unpaired) electrons. The maximum atomic E-state index is 12.1. The van der Waals surface area contributed by atoms with E-state index >= 15 is 0 Å². The van der Waals surface area contributed by atoms with Crippen molar-refractivity contribution in [3.63, 3.8) is 0 Å². The van der Waals surface area contributed by atoms with E-state index in [1.54, 1.807) is 4.90 Å². The van der Waals surface area contributed by atoms with Crippen LogP contribution in [0.15, 0.2) is 0 Å². The first-order chi connectivity index (χ1) is 11.0. The normalized spacial score (nSPS) is 29.3. The van der Waals surface area contributed by atoms with Crippen molar-refractivity contribution in [1.82, 2.24) is 10.2 Å². The summed E-state index contributed by atoms with van der Waals surface area (Å²) in [6.07, 6.45) is 3.49. The predicted molar refractivity (Wildman–Crippen MR) is 81.7 cm³/mol. The van der Waals surface area contributed by atoms with Crippen LogP contribution in [0.4, 0.5) is 4.79 Å². The Morgan fingerprint density at radius 1 is 1.22 bits per heavy atom. The lowest BCUT2D eigenvalue weighted by Crippen LogP contribution is -2.48. The highest BCUT2D eigenvalue weighted by molar-refractivity contribution is 6.04. The second-order valence-electron chi connectivity index (χ2n) is 7.02. The van der Waals surface area contributed by atoms with Gasteiger partial charge < -0.3 is 19.1 Å². The number of imide groups is 1. The van der Waals surface area contributed by atoms with Gasteiger partial charge in [0.25, 0.3) is 5.91 Å². The quantitative estimate of drug-likeness (QED) is 0.770. The molecule has 0 aromatic rings. The van der Waals surface area contributed by atoms with Gasteiger partial charge in [0.05, 0.1) is 19.8 Å². The van der Waals surface area contributed by atoms with Crippen LogP contribution in [0.3, 0.4) is 0 Å². The van der Waals surface area contributed by atoms with E-state index in [1.807, 2.05) is 6.92 Å². The van der Waals surface area contributed by atoms with E-state index in [0.29, 0.717) is 26.4 Å². The summed E-state index contributed by atoms with van der Waals surface area (Å²) in [6, 6.07) is -0.830. The molecule has 1 unspecified atom stereocenters. The van der Waals surface area contributed by atoms with Gasteiger partial charge >= 0.3 is 6.03 Å². The van der Waals surface area contributed by atoms with E-state index in [1.165, 1.54) is 0 Å². The third-order valence-electron chi connectivity index (χ3n) is 5.23. The fraction of sp³-hybridized carbons (Fsp3) is 0.875. The van der Waals surface area contributed by atoms with Crippen LogP contribution in [0, 0.1) is 5.41 Å². The van der Waals surface area contributed by atoms with Crippen LogP contribution in [-0.2, 0) is 19.0 Å². The minimum Gasteiger partial charge on any atom is -0.379 e. The van der Waals surface area contributed by atoms with Crippen molar-refractivity contribution < 1.29 is 23.8 Å². The van der Waals surface area contributed by atoms with Crippen molar-refractivity contribution in [3.05, 3.63) is 0 Å². The van der Waals surface area contributed by atoms with Gasteiger partial charge in [-0.15, -0.1) is 0 Å². The maximum absolute atomic E-state index is 12.1. The highest BCUT2D eigenvalue weighted by Gasteiger charge is 2.47. The minimum atomic E-state index is -0.519. The van der Waals surface area contributed by atoms with Crippen molar-refractivity contribution in [2.24, 2.45) is 5.41 Å². The molecule has 1 spiro atoms. The lowest BCUT2D eigenvalue weighted by molar-refractivity contribution is -0.191. The zero-order chi connectivity index (χ0) is 16.5. The molecule has 7 heteroatoms. The molecular formula is C16H26N2O5. The first-order valence-corrected chi connectivity index (χ1v) is 8.44. The first kappa shape index (κ1) is 16.7. The molecule has 2 heterocycles. The molecule has 1 saturated carbocycles. The molecule has 3 rings (SSSR count). The Balaban J connectivity index is 1.62. The number of urea groups is 1. The maximum Gasteiger partial charge on any atom is 0.324 e. The smallest absolute Gasteiger partial charge is 0.324 e. The average molecular weight is 326 g/mol. The van der Waals surface area contributed by atoms with Crippen LogP contribution >= 0.6 is 0 Å². The van der Waals surface area contributed by atoms with E-state index in [-0.39, 0.29) is 24.0 Å². The Kier molecular flexibility index (Phi) is 4.62. The zero-order valence-corrected chi connectivity index (χ0v) is 13.9. The standard InChI is InChI=1S/C16H26N2O5/c1-3-21-10-12-13(19)17-14(20)18(12)11-15(2)4-6-16(7-5-15)22-8-9-23-16/h12H,3-11H2,1-2H3,(H,17,19,20).